The molecule has 2 aliphatic rings. The first-order chi connectivity index (χ1) is 20.5. The number of fused-ring (bicyclic) bond motifs is 1. The van der Waals surface area contributed by atoms with E-state index < -0.39 is 17.2 Å². The highest BCUT2D eigenvalue weighted by molar-refractivity contribution is 8.00. The Balaban J connectivity index is 0.000000557. The molecule has 9 nitrogen and oxygen atoms in total. The fraction of sp³-hybridized carbons (Fsp3) is 0.469. The van der Waals surface area contributed by atoms with Gasteiger partial charge in [-0.05, 0) is 82.0 Å². The molecule has 1 fully saturated rings. The summed E-state index contributed by atoms with van der Waals surface area (Å²) < 4.78 is 11.7. The van der Waals surface area contributed by atoms with E-state index >= 15 is 0 Å². The number of nitrogens with zero attached hydrogens (tertiary/aromatic N) is 1. The summed E-state index contributed by atoms with van der Waals surface area (Å²) in [5.41, 5.74) is 2.04. The number of halogens is 1. The first-order valence-corrected chi connectivity index (χ1v) is 15.7. The number of hydrogen-bond acceptors (Lipinski definition) is 7. The third-order valence-electron chi connectivity index (χ3n) is 7.54. The number of carbonyl (C=O) groups excluding carboxylic acids is 1. The molecule has 2 aromatic carbocycles. The lowest BCUT2D eigenvalue weighted by atomic mass is 9.83. The maximum Gasteiger partial charge on any atom is 0.328 e. The van der Waals surface area contributed by atoms with Gasteiger partial charge < -0.3 is 29.9 Å². The largest absolute Gasteiger partial charge is 0.497 e. The Hall–Kier alpha value is -3.21. The van der Waals surface area contributed by atoms with Crippen molar-refractivity contribution in [1.82, 2.24) is 5.32 Å². The van der Waals surface area contributed by atoms with Gasteiger partial charge in [0.25, 0.3) is 0 Å². The molecule has 1 atom stereocenters. The van der Waals surface area contributed by atoms with Crippen molar-refractivity contribution in [2.45, 2.75) is 74.0 Å². The van der Waals surface area contributed by atoms with Gasteiger partial charge in [-0.15, -0.1) is 11.8 Å². The summed E-state index contributed by atoms with van der Waals surface area (Å²) in [7, 11) is 3.45. The van der Waals surface area contributed by atoms with Crippen molar-refractivity contribution in [3.8, 4) is 11.5 Å². The summed E-state index contributed by atoms with van der Waals surface area (Å²) in [6.07, 6.45) is 11.0. The summed E-state index contributed by atoms with van der Waals surface area (Å²) in [6.45, 7) is 4.06. The summed E-state index contributed by atoms with van der Waals surface area (Å²) >= 11 is 7.75. The Morgan fingerprint density at radius 3 is 2.42 bits per heavy atom. The summed E-state index contributed by atoms with van der Waals surface area (Å²) in [6, 6.07) is 11.4. The van der Waals surface area contributed by atoms with Gasteiger partial charge in [-0.2, -0.15) is 0 Å². The van der Waals surface area contributed by atoms with Crippen molar-refractivity contribution in [2.75, 3.05) is 32.2 Å². The zero-order valence-electron chi connectivity index (χ0n) is 24.9. The van der Waals surface area contributed by atoms with E-state index in [1.165, 1.54) is 43.9 Å². The molecular formula is C32H41ClN2O7S. The van der Waals surface area contributed by atoms with E-state index in [9.17, 15) is 14.4 Å². The van der Waals surface area contributed by atoms with E-state index in [4.69, 9.17) is 31.3 Å². The molecule has 3 N–H and O–H groups in total. The van der Waals surface area contributed by atoms with Crippen LogP contribution in [0.25, 0.3) is 0 Å². The molecule has 0 aromatic heterocycles. The molecule has 11 heteroatoms. The minimum atomic E-state index is -1.26. The van der Waals surface area contributed by atoms with E-state index in [-0.39, 0.29) is 5.91 Å². The molecule has 1 heterocycles. The molecule has 2 aromatic rings. The number of carboxylic acid groups (broad SMARTS) is 2. The van der Waals surface area contributed by atoms with Gasteiger partial charge in [0.2, 0.25) is 5.91 Å². The maximum absolute atomic E-state index is 13.3. The minimum Gasteiger partial charge on any atom is -0.497 e. The summed E-state index contributed by atoms with van der Waals surface area (Å²) in [5, 5.41) is 19.6. The first kappa shape index (κ1) is 34.3. The second kappa shape index (κ2) is 16.6. The number of amides is 1. The Labute approximate surface area is 262 Å². The monoisotopic (exact) mass is 632 g/mol. The number of benzene rings is 2. The fourth-order valence-electron chi connectivity index (χ4n) is 5.15. The van der Waals surface area contributed by atoms with Crippen molar-refractivity contribution in [2.24, 2.45) is 0 Å². The minimum absolute atomic E-state index is 0.0187. The first-order valence-electron chi connectivity index (χ1n) is 14.5. The van der Waals surface area contributed by atoms with Gasteiger partial charge in [0.15, 0.2) is 0 Å². The highest BCUT2D eigenvalue weighted by atomic mass is 35.5. The molecule has 0 radical (unpaired) electrons. The highest BCUT2D eigenvalue weighted by Crippen LogP contribution is 2.49. The van der Waals surface area contributed by atoms with Gasteiger partial charge in [-0.25, -0.2) is 9.59 Å². The van der Waals surface area contributed by atoms with Crippen LogP contribution in [0.5, 0.6) is 11.5 Å². The lowest BCUT2D eigenvalue weighted by Crippen LogP contribution is -2.44. The molecular weight excluding hydrogens is 592 g/mol. The number of carboxylic acids is 2. The van der Waals surface area contributed by atoms with Crippen LogP contribution in [0.2, 0.25) is 5.02 Å². The number of nitrogens with one attached hydrogen (secondary N) is 1. The third-order valence-corrected chi connectivity index (χ3v) is 9.05. The van der Waals surface area contributed by atoms with Crippen LogP contribution >= 0.6 is 23.4 Å². The van der Waals surface area contributed by atoms with Crippen LogP contribution in [0.4, 0.5) is 5.69 Å². The van der Waals surface area contributed by atoms with Gasteiger partial charge in [0, 0.05) is 40.2 Å². The second-order valence-electron chi connectivity index (χ2n) is 10.9. The number of carbonyl (C=O) groups is 3. The Morgan fingerprint density at radius 2 is 1.77 bits per heavy atom. The fourth-order valence-corrected chi connectivity index (χ4v) is 6.73. The lowest BCUT2D eigenvalue weighted by molar-refractivity contribution is -0.134. The quantitative estimate of drug-likeness (QED) is 0.172. The third kappa shape index (κ3) is 10.5. The molecule has 4 rings (SSSR count). The molecule has 1 aliphatic heterocycles. The van der Waals surface area contributed by atoms with Crippen LogP contribution in [-0.4, -0.2) is 60.9 Å². The average Bonchev–Trinajstić information content (AvgIpc) is 2.98. The maximum atomic E-state index is 13.3. The molecule has 43 heavy (non-hydrogen) atoms. The topological polar surface area (TPSA) is 125 Å². The van der Waals surface area contributed by atoms with E-state index in [0.29, 0.717) is 35.1 Å². The van der Waals surface area contributed by atoms with Crippen molar-refractivity contribution in [3.63, 3.8) is 0 Å². The van der Waals surface area contributed by atoms with Crippen molar-refractivity contribution in [3.05, 3.63) is 59.1 Å². The molecule has 1 saturated carbocycles. The SMILES string of the molecule is COc1ccc(OCCCCCNC2(C)CCCCC2)c(C2Sc3cc(Cl)ccc3N(C)C2=O)c1.O=C(O)/C=C/C(=O)O. The number of anilines is 1. The van der Waals surface area contributed by atoms with E-state index in [1.54, 1.807) is 12.0 Å². The van der Waals surface area contributed by atoms with Gasteiger partial charge in [-0.1, -0.05) is 30.9 Å². The van der Waals surface area contributed by atoms with Gasteiger partial charge in [-0.3, -0.25) is 4.79 Å². The van der Waals surface area contributed by atoms with Crippen LogP contribution in [0, 0.1) is 0 Å². The number of likely N-dealkylation sites (N-methyl/N-ethyl adjacent to an activating group) is 1. The average molecular weight is 633 g/mol. The molecule has 1 amide bonds. The van der Waals surface area contributed by atoms with Crippen LogP contribution in [0.3, 0.4) is 0 Å². The van der Waals surface area contributed by atoms with E-state index in [2.05, 4.69) is 12.2 Å². The summed E-state index contributed by atoms with van der Waals surface area (Å²) in [4.78, 5) is 35.1. The van der Waals surface area contributed by atoms with Crippen molar-refractivity contribution >= 4 is 46.9 Å². The normalized spacial score (nSPS) is 17.5. The molecule has 0 spiro atoms. The number of methoxy groups -OCH3 is 1. The zero-order chi connectivity index (χ0) is 31.4. The Kier molecular flexibility index (Phi) is 13.2. The zero-order valence-corrected chi connectivity index (χ0v) is 26.5. The number of hydrogen-bond donors (Lipinski definition) is 3. The molecule has 1 unspecified atom stereocenters. The Bertz CT molecular complexity index is 1280. The molecule has 0 bridgehead atoms. The van der Waals surface area contributed by atoms with Crippen LogP contribution in [0.15, 0.2) is 53.4 Å². The number of aliphatic carboxylic acids is 2. The van der Waals surface area contributed by atoms with Gasteiger partial charge >= 0.3 is 11.9 Å². The predicted octanol–water partition coefficient (Wildman–Crippen LogP) is 6.73. The predicted molar refractivity (Wildman–Crippen MR) is 170 cm³/mol. The number of ether oxygens (including phenoxy) is 2. The van der Waals surface area contributed by atoms with Crippen LogP contribution in [-0.2, 0) is 14.4 Å². The smallest absolute Gasteiger partial charge is 0.328 e. The van der Waals surface area contributed by atoms with Gasteiger partial charge in [0.05, 0.1) is 19.4 Å². The highest BCUT2D eigenvalue weighted by Gasteiger charge is 2.35. The van der Waals surface area contributed by atoms with E-state index in [1.807, 2.05) is 43.4 Å². The van der Waals surface area contributed by atoms with Crippen LogP contribution < -0.4 is 19.7 Å². The standard InChI is InChI=1S/C28H37ClN2O3S.C4H4O4/c1-28(14-6-4-7-15-28)30-16-8-5-9-17-34-24-13-11-21(33-3)19-22(24)26-27(32)31(2)23-12-10-20(29)18-25(23)35-26;5-3(6)1-2-4(7)8/h10-13,18-19,26,30H,4-9,14-17H2,1-3H3;1-2H,(H,5,6)(H,7,8)/b;2-1+. The molecule has 1 aliphatic carbocycles. The van der Waals surface area contributed by atoms with Crippen molar-refractivity contribution in [1.29, 1.82) is 0 Å². The van der Waals surface area contributed by atoms with Gasteiger partial charge in [0.1, 0.15) is 16.7 Å². The van der Waals surface area contributed by atoms with Crippen molar-refractivity contribution < 1.29 is 34.1 Å². The molecule has 0 saturated heterocycles. The number of unbranched alkanes of at least 4 members (excludes halogenated alkanes) is 2. The Morgan fingerprint density at radius 1 is 1.07 bits per heavy atom. The van der Waals surface area contributed by atoms with E-state index in [0.717, 1.165) is 47.7 Å². The number of rotatable bonds is 12. The summed E-state index contributed by atoms with van der Waals surface area (Å²) in [5.74, 6) is -1.05. The van der Waals surface area contributed by atoms with Crippen LogP contribution in [0.1, 0.15) is 69.1 Å². The molecule has 234 valence electrons. The number of thioether (sulfide) groups is 1. The second-order valence-corrected chi connectivity index (χ2v) is 12.5. The lowest BCUT2D eigenvalue weighted by Gasteiger charge is -2.34.